The number of hydrogen-bond donors (Lipinski definition) is 1. The lowest BCUT2D eigenvalue weighted by molar-refractivity contribution is 0.257. The van der Waals surface area contributed by atoms with Gasteiger partial charge in [-0.1, -0.05) is 6.07 Å². The number of hydrogen-bond acceptors (Lipinski definition) is 5. The second kappa shape index (κ2) is 7.93. The van der Waals surface area contributed by atoms with E-state index in [0.29, 0.717) is 19.0 Å². The predicted octanol–water partition coefficient (Wildman–Crippen LogP) is 2.82. The number of anilines is 2. The van der Waals surface area contributed by atoms with Crippen molar-refractivity contribution in [2.45, 2.75) is 25.7 Å². The number of rotatable bonds is 6. The molecule has 3 heterocycles. The van der Waals surface area contributed by atoms with Gasteiger partial charge in [-0.2, -0.15) is 0 Å². The van der Waals surface area contributed by atoms with Gasteiger partial charge >= 0.3 is 0 Å². The molecular formula is C18H24N4O2S. The second-order valence-electron chi connectivity index (χ2n) is 6.56. The Balaban J connectivity index is 1.57. The lowest BCUT2D eigenvalue weighted by Gasteiger charge is -2.31. The second-order valence-corrected chi connectivity index (χ2v) is 8.54. The van der Waals surface area contributed by atoms with Gasteiger partial charge in [0.2, 0.25) is 10.0 Å². The van der Waals surface area contributed by atoms with Gasteiger partial charge in [0.15, 0.2) is 0 Å². The molecule has 2 aromatic heterocycles. The van der Waals surface area contributed by atoms with Crippen LogP contribution >= 0.6 is 0 Å². The molecule has 0 unspecified atom stereocenters. The van der Waals surface area contributed by atoms with Crippen molar-refractivity contribution in [3.05, 3.63) is 48.3 Å². The van der Waals surface area contributed by atoms with Gasteiger partial charge in [-0.15, -0.1) is 0 Å². The van der Waals surface area contributed by atoms with Crippen molar-refractivity contribution in [1.29, 1.82) is 0 Å². The minimum Gasteiger partial charge on any atom is -0.325 e. The summed E-state index contributed by atoms with van der Waals surface area (Å²) < 4.78 is 25.1. The van der Waals surface area contributed by atoms with Crippen molar-refractivity contribution in [2.24, 2.45) is 5.92 Å². The zero-order valence-electron chi connectivity index (χ0n) is 14.4. The lowest BCUT2D eigenvalue weighted by atomic mass is 9.93. The van der Waals surface area contributed by atoms with Gasteiger partial charge < -0.3 is 5.32 Å². The number of sulfonamides is 1. The number of nitrogens with zero attached hydrogens (tertiary/aromatic N) is 3. The summed E-state index contributed by atoms with van der Waals surface area (Å²) in [7, 11) is -3.08. The van der Waals surface area contributed by atoms with Crippen molar-refractivity contribution in [2.75, 3.05) is 24.7 Å². The van der Waals surface area contributed by atoms with Crippen molar-refractivity contribution < 1.29 is 8.42 Å². The van der Waals surface area contributed by atoms with E-state index in [4.69, 9.17) is 0 Å². The van der Waals surface area contributed by atoms with E-state index in [2.05, 4.69) is 15.3 Å². The van der Waals surface area contributed by atoms with E-state index in [9.17, 15) is 8.42 Å². The number of piperidine rings is 1. The van der Waals surface area contributed by atoms with Gasteiger partial charge in [-0.3, -0.25) is 0 Å². The molecule has 2 aromatic rings. The van der Waals surface area contributed by atoms with E-state index < -0.39 is 10.0 Å². The maximum Gasteiger partial charge on any atom is 0.211 e. The molecule has 3 rings (SSSR count). The summed E-state index contributed by atoms with van der Waals surface area (Å²) in [6.45, 7) is 1.30. The van der Waals surface area contributed by atoms with Gasteiger partial charge in [0.25, 0.3) is 0 Å². The summed E-state index contributed by atoms with van der Waals surface area (Å²) >= 11 is 0. The van der Waals surface area contributed by atoms with Crippen LogP contribution in [0.15, 0.2) is 42.7 Å². The Kier molecular flexibility index (Phi) is 5.65. The highest BCUT2D eigenvalue weighted by molar-refractivity contribution is 7.88. The average Bonchev–Trinajstić information content (AvgIpc) is 2.61. The normalized spacial score (nSPS) is 18.8. The van der Waals surface area contributed by atoms with E-state index in [1.807, 2.05) is 30.3 Å². The van der Waals surface area contributed by atoms with Crippen LogP contribution in [0.4, 0.5) is 11.6 Å². The molecule has 1 aliphatic rings. The topological polar surface area (TPSA) is 75.2 Å². The molecule has 1 N–H and O–H groups in total. The highest BCUT2D eigenvalue weighted by Gasteiger charge is 2.25. The Hall–Kier alpha value is -1.99. The fourth-order valence-electron chi connectivity index (χ4n) is 3.20. The van der Waals surface area contributed by atoms with Crippen molar-refractivity contribution >= 4 is 21.7 Å². The van der Waals surface area contributed by atoms with Crippen molar-refractivity contribution in [3.63, 3.8) is 0 Å². The first-order chi connectivity index (χ1) is 12.0. The summed E-state index contributed by atoms with van der Waals surface area (Å²) in [4.78, 5) is 8.58. The molecule has 0 saturated carbocycles. The Morgan fingerprint density at radius 3 is 2.80 bits per heavy atom. The monoisotopic (exact) mass is 360 g/mol. The quantitative estimate of drug-likeness (QED) is 0.857. The smallest absolute Gasteiger partial charge is 0.211 e. The van der Waals surface area contributed by atoms with E-state index >= 15 is 0 Å². The van der Waals surface area contributed by atoms with Crippen LogP contribution in [0.25, 0.3) is 0 Å². The summed E-state index contributed by atoms with van der Waals surface area (Å²) in [6, 6.07) is 9.75. The first kappa shape index (κ1) is 17.8. The van der Waals surface area contributed by atoms with E-state index in [1.165, 1.54) is 11.8 Å². The summed E-state index contributed by atoms with van der Waals surface area (Å²) in [5.74, 6) is 1.96. The number of aromatic nitrogens is 2. The molecule has 1 atom stereocenters. The van der Waals surface area contributed by atoms with Crippen molar-refractivity contribution in [1.82, 2.24) is 14.3 Å². The first-order valence-corrected chi connectivity index (χ1v) is 10.4. The zero-order valence-corrected chi connectivity index (χ0v) is 15.2. The summed E-state index contributed by atoms with van der Waals surface area (Å²) in [6.07, 6.45) is 8.78. The molecular weight excluding hydrogens is 336 g/mol. The number of aryl methyl sites for hydroxylation is 1. The van der Waals surface area contributed by atoms with Gasteiger partial charge in [0.05, 0.1) is 6.26 Å². The zero-order chi connectivity index (χ0) is 17.7. The minimum atomic E-state index is -3.08. The van der Waals surface area contributed by atoms with Gasteiger partial charge in [0, 0.05) is 25.5 Å². The Labute approximate surface area is 149 Å². The molecule has 0 amide bonds. The SMILES string of the molecule is CS(=O)(=O)N1CCC[C@H](CCc2ccnc(Nc3ccccn3)c2)C1. The maximum atomic E-state index is 11.7. The van der Waals surface area contributed by atoms with E-state index in [1.54, 1.807) is 16.7 Å². The maximum absolute atomic E-state index is 11.7. The van der Waals surface area contributed by atoms with Crippen LogP contribution in [0.3, 0.4) is 0 Å². The molecule has 0 radical (unpaired) electrons. The highest BCUT2D eigenvalue weighted by atomic mass is 32.2. The molecule has 134 valence electrons. The number of pyridine rings is 2. The van der Waals surface area contributed by atoms with Crippen LogP contribution in [0, 0.1) is 5.92 Å². The van der Waals surface area contributed by atoms with Crippen LogP contribution in [0.5, 0.6) is 0 Å². The van der Waals surface area contributed by atoms with Crippen LogP contribution in [0.1, 0.15) is 24.8 Å². The molecule has 7 heteroatoms. The molecule has 0 bridgehead atoms. The minimum absolute atomic E-state index is 0.420. The fraction of sp³-hybridized carbons (Fsp3) is 0.444. The van der Waals surface area contributed by atoms with E-state index in [-0.39, 0.29) is 0 Å². The number of nitrogens with one attached hydrogen (secondary N) is 1. The third-order valence-corrected chi connectivity index (χ3v) is 5.81. The first-order valence-electron chi connectivity index (χ1n) is 8.59. The molecule has 0 aliphatic carbocycles. The highest BCUT2D eigenvalue weighted by Crippen LogP contribution is 2.23. The van der Waals surface area contributed by atoms with Crippen molar-refractivity contribution in [3.8, 4) is 0 Å². The van der Waals surface area contributed by atoms with Gasteiger partial charge in [-0.05, 0) is 61.4 Å². The Morgan fingerprint density at radius 2 is 2.04 bits per heavy atom. The molecule has 0 aromatic carbocycles. The predicted molar refractivity (Wildman–Crippen MR) is 99.2 cm³/mol. The largest absolute Gasteiger partial charge is 0.325 e. The summed E-state index contributed by atoms with van der Waals surface area (Å²) in [5.41, 5.74) is 1.20. The molecule has 1 saturated heterocycles. The lowest BCUT2D eigenvalue weighted by Crippen LogP contribution is -2.39. The standard InChI is InChI=1S/C18H24N4O2S/c1-25(23,24)22-12-4-5-16(14-22)8-7-15-9-11-20-18(13-15)21-17-6-2-3-10-19-17/h2-3,6,9-11,13,16H,4-5,7-8,12,14H2,1H3,(H,19,20,21)/t16-/m1/s1. The Bertz CT molecular complexity index is 796. The average molecular weight is 360 g/mol. The third kappa shape index (κ3) is 5.24. The van der Waals surface area contributed by atoms with Crippen LogP contribution < -0.4 is 5.32 Å². The van der Waals surface area contributed by atoms with E-state index in [0.717, 1.165) is 37.3 Å². The fourth-order valence-corrected chi connectivity index (χ4v) is 4.14. The van der Waals surface area contributed by atoms with Gasteiger partial charge in [-0.25, -0.2) is 22.7 Å². The molecule has 6 nitrogen and oxygen atoms in total. The molecule has 0 spiro atoms. The summed E-state index contributed by atoms with van der Waals surface area (Å²) in [5, 5.41) is 3.20. The molecule has 1 aliphatic heterocycles. The third-order valence-electron chi connectivity index (χ3n) is 4.54. The molecule has 1 fully saturated rings. The van der Waals surface area contributed by atoms with Gasteiger partial charge in [0.1, 0.15) is 11.6 Å². The van der Waals surface area contributed by atoms with Crippen LogP contribution in [-0.2, 0) is 16.4 Å². The molecule has 25 heavy (non-hydrogen) atoms. The Morgan fingerprint density at radius 1 is 1.20 bits per heavy atom. The van der Waals surface area contributed by atoms with Crippen LogP contribution in [0.2, 0.25) is 0 Å². The van der Waals surface area contributed by atoms with Crippen LogP contribution in [-0.4, -0.2) is 42.0 Å².